The lowest BCUT2D eigenvalue weighted by Crippen LogP contribution is -2.50. The molecule has 20 heavy (non-hydrogen) atoms. The molecule has 0 aromatic carbocycles. The van der Waals surface area contributed by atoms with Crippen molar-refractivity contribution >= 4 is 11.7 Å². The Kier molecular flexibility index (Phi) is 3.87. The van der Waals surface area contributed by atoms with Crippen LogP contribution in [-0.4, -0.2) is 52.9 Å². The first-order chi connectivity index (χ1) is 9.76. The topological polar surface area (TPSA) is 48.5 Å². The Labute approximate surface area is 120 Å². The van der Waals surface area contributed by atoms with Crippen molar-refractivity contribution in [3.63, 3.8) is 0 Å². The van der Waals surface area contributed by atoms with Crippen LogP contribution in [0.1, 0.15) is 25.3 Å². The van der Waals surface area contributed by atoms with E-state index in [2.05, 4.69) is 39.2 Å². The second kappa shape index (κ2) is 5.79. The maximum Gasteiger partial charge on any atom is 0.222 e. The summed E-state index contributed by atoms with van der Waals surface area (Å²) >= 11 is 0. The molecule has 5 heteroatoms. The van der Waals surface area contributed by atoms with Gasteiger partial charge in [-0.1, -0.05) is 0 Å². The van der Waals surface area contributed by atoms with Crippen LogP contribution in [0.4, 0.5) is 5.82 Å². The summed E-state index contributed by atoms with van der Waals surface area (Å²) < 4.78 is 0. The van der Waals surface area contributed by atoms with Gasteiger partial charge in [0.25, 0.3) is 0 Å². The molecule has 0 bridgehead atoms. The number of nitrogens with zero attached hydrogens (tertiary/aromatic N) is 3. The molecule has 2 saturated heterocycles. The number of hydrogen-bond acceptors (Lipinski definition) is 4. The Balaban J connectivity index is 1.61. The van der Waals surface area contributed by atoms with Gasteiger partial charge in [0, 0.05) is 51.4 Å². The minimum absolute atomic E-state index is 0.341. The lowest BCUT2D eigenvalue weighted by atomic mass is 10.1. The summed E-state index contributed by atoms with van der Waals surface area (Å²) in [4.78, 5) is 20.5. The molecule has 2 fully saturated rings. The third-order valence-corrected chi connectivity index (χ3v) is 4.17. The number of nitrogens with one attached hydrogen (secondary N) is 1. The Hall–Kier alpha value is -1.62. The number of aromatic nitrogens is 1. The van der Waals surface area contributed by atoms with Gasteiger partial charge in [-0.3, -0.25) is 9.69 Å². The molecule has 1 unspecified atom stereocenters. The van der Waals surface area contributed by atoms with E-state index in [1.54, 1.807) is 0 Å². The van der Waals surface area contributed by atoms with E-state index in [0.29, 0.717) is 11.9 Å². The number of carbonyl (C=O) groups excluding carboxylic acids is 1. The van der Waals surface area contributed by atoms with Crippen molar-refractivity contribution in [3.05, 3.63) is 23.9 Å². The highest BCUT2D eigenvalue weighted by Crippen LogP contribution is 2.23. The number of carbonyl (C=O) groups is 1. The highest BCUT2D eigenvalue weighted by atomic mass is 16.2. The average Bonchev–Trinajstić information content (AvgIpc) is 2.81. The van der Waals surface area contributed by atoms with Gasteiger partial charge in [0.15, 0.2) is 0 Å². The van der Waals surface area contributed by atoms with Crippen LogP contribution < -0.4 is 5.32 Å². The smallest absolute Gasteiger partial charge is 0.222 e. The van der Waals surface area contributed by atoms with Gasteiger partial charge in [0.05, 0.1) is 0 Å². The first-order valence-corrected chi connectivity index (χ1v) is 7.47. The van der Waals surface area contributed by atoms with Gasteiger partial charge < -0.3 is 10.2 Å². The molecule has 5 nitrogen and oxygen atoms in total. The number of fused-ring (bicyclic) bond motifs is 1. The Bertz CT molecular complexity index is 491. The van der Waals surface area contributed by atoms with Crippen molar-refractivity contribution in [2.24, 2.45) is 0 Å². The highest BCUT2D eigenvalue weighted by Gasteiger charge is 2.35. The number of pyridine rings is 1. The van der Waals surface area contributed by atoms with E-state index >= 15 is 0 Å². The quantitative estimate of drug-likeness (QED) is 0.899. The van der Waals surface area contributed by atoms with Gasteiger partial charge in [-0.2, -0.15) is 0 Å². The monoisotopic (exact) mass is 274 g/mol. The fourth-order valence-electron chi connectivity index (χ4n) is 3.18. The van der Waals surface area contributed by atoms with Crippen molar-refractivity contribution in [3.8, 4) is 0 Å². The maximum absolute atomic E-state index is 11.7. The van der Waals surface area contributed by atoms with Gasteiger partial charge in [-0.25, -0.2) is 4.98 Å². The van der Waals surface area contributed by atoms with Crippen LogP contribution in [0.3, 0.4) is 0 Å². The van der Waals surface area contributed by atoms with E-state index in [-0.39, 0.29) is 0 Å². The predicted molar refractivity (Wildman–Crippen MR) is 78.4 cm³/mol. The predicted octanol–water partition coefficient (Wildman–Crippen LogP) is 1.32. The molecule has 0 saturated carbocycles. The third kappa shape index (κ3) is 2.77. The molecule has 1 aromatic rings. The molecule has 2 aliphatic heterocycles. The fourth-order valence-corrected chi connectivity index (χ4v) is 3.18. The Morgan fingerprint density at radius 3 is 3.20 bits per heavy atom. The first kappa shape index (κ1) is 13.4. The molecule has 3 heterocycles. The lowest BCUT2D eigenvalue weighted by molar-refractivity contribution is -0.130. The zero-order valence-corrected chi connectivity index (χ0v) is 12.0. The molecule has 3 rings (SSSR count). The summed E-state index contributed by atoms with van der Waals surface area (Å²) in [6, 6.07) is 4.63. The van der Waals surface area contributed by atoms with E-state index in [1.165, 1.54) is 5.56 Å². The van der Waals surface area contributed by atoms with Crippen molar-refractivity contribution in [2.75, 3.05) is 31.5 Å². The lowest BCUT2D eigenvalue weighted by Gasteiger charge is -2.37. The van der Waals surface area contributed by atoms with Crippen LogP contribution in [0.2, 0.25) is 0 Å². The summed E-state index contributed by atoms with van der Waals surface area (Å²) in [7, 11) is 0. The first-order valence-electron chi connectivity index (χ1n) is 7.47. The largest absolute Gasteiger partial charge is 0.370 e. The van der Waals surface area contributed by atoms with Crippen LogP contribution in [0, 0.1) is 0 Å². The summed E-state index contributed by atoms with van der Waals surface area (Å²) in [5.74, 6) is 1.28. The molecular weight excluding hydrogens is 252 g/mol. The van der Waals surface area contributed by atoms with Gasteiger partial charge in [0.1, 0.15) is 5.82 Å². The van der Waals surface area contributed by atoms with E-state index in [0.717, 1.165) is 51.4 Å². The van der Waals surface area contributed by atoms with Crippen LogP contribution >= 0.6 is 0 Å². The molecule has 1 aromatic heterocycles. The van der Waals surface area contributed by atoms with E-state index in [1.807, 2.05) is 6.20 Å². The normalized spacial score (nSPS) is 22.9. The Morgan fingerprint density at radius 1 is 1.45 bits per heavy atom. The summed E-state index contributed by atoms with van der Waals surface area (Å²) in [6.45, 7) is 6.77. The molecule has 2 aliphatic rings. The number of rotatable bonds is 4. The number of piperazine rings is 1. The SMILES string of the molecule is CCNc1cc(CN2CCN3C(=O)CCC3C2)ccn1. The number of hydrogen-bond donors (Lipinski definition) is 1. The van der Waals surface area contributed by atoms with Gasteiger partial charge >= 0.3 is 0 Å². The summed E-state index contributed by atoms with van der Waals surface area (Å²) in [6.07, 6.45) is 3.62. The van der Waals surface area contributed by atoms with Crippen LogP contribution in [0.15, 0.2) is 18.3 Å². The minimum atomic E-state index is 0.341. The standard InChI is InChI=1S/C15H22N4O/c1-2-16-14-9-12(5-6-17-14)10-18-7-8-19-13(11-18)3-4-15(19)20/h5-6,9,13H,2-4,7-8,10-11H2,1H3,(H,16,17). The molecule has 1 atom stereocenters. The van der Waals surface area contributed by atoms with Crippen LogP contribution in [0.5, 0.6) is 0 Å². The van der Waals surface area contributed by atoms with Crippen LogP contribution in [0.25, 0.3) is 0 Å². The highest BCUT2D eigenvalue weighted by molar-refractivity contribution is 5.78. The van der Waals surface area contributed by atoms with Gasteiger partial charge in [-0.15, -0.1) is 0 Å². The second-order valence-corrected chi connectivity index (χ2v) is 5.59. The van der Waals surface area contributed by atoms with Crippen LogP contribution in [-0.2, 0) is 11.3 Å². The number of amides is 1. The average molecular weight is 274 g/mol. The summed E-state index contributed by atoms with van der Waals surface area (Å²) in [5, 5.41) is 3.25. The minimum Gasteiger partial charge on any atom is -0.370 e. The number of anilines is 1. The van der Waals surface area contributed by atoms with E-state index < -0.39 is 0 Å². The van der Waals surface area contributed by atoms with Crippen molar-refractivity contribution in [2.45, 2.75) is 32.4 Å². The van der Waals surface area contributed by atoms with Crippen molar-refractivity contribution in [1.82, 2.24) is 14.8 Å². The molecule has 0 aliphatic carbocycles. The zero-order valence-electron chi connectivity index (χ0n) is 12.0. The fraction of sp³-hybridized carbons (Fsp3) is 0.600. The van der Waals surface area contributed by atoms with Crippen molar-refractivity contribution < 1.29 is 4.79 Å². The second-order valence-electron chi connectivity index (χ2n) is 5.59. The summed E-state index contributed by atoms with van der Waals surface area (Å²) in [5.41, 5.74) is 1.29. The van der Waals surface area contributed by atoms with Gasteiger partial charge in [-0.05, 0) is 31.0 Å². The Morgan fingerprint density at radius 2 is 2.35 bits per heavy atom. The molecule has 0 radical (unpaired) electrons. The van der Waals surface area contributed by atoms with E-state index in [4.69, 9.17) is 0 Å². The van der Waals surface area contributed by atoms with E-state index in [9.17, 15) is 4.79 Å². The molecule has 0 spiro atoms. The third-order valence-electron chi connectivity index (χ3n) is 4.17. The molecule has 1 N–H and O–H groups in total. The molecular formula is C15H22N4O. The molecule has 1 amide bonds. The maximum atomic E-state index is 11.7. The zero-order chi connectivity index (χ0) is 13.9. The molecule has 108 valence electrons. The van der Waals surface area contributed by atoms with Gasteiger partial charge in [0.2, 0.25) is 5.91 Å². The van der Waals surface area contributed by atoms with Crippen molar-refractivity contribution in [1.29, 1.82) is 0 Å².